The summed E-state index contributed by atoms with van der Waals surface area (Å²) in [5.41, 5.74) is 0. The Morgan fingerprint density at radius 2 is 2.50 bits per heavy atom. The lowest BCUT2D eigenvalue weighted by molar-refractivity contribution is -0.0850. The van der Waals surface area contributed by atoms with Gasteiger partial charge in [-0.15, -0.1) is 0 Å². The molecule has 0 aliphatic rings. The van der Waals surface area contributed by atoms with Crippen LogP contribution < -0.4 is 0 Å². The first kappa shape index (κ1) is 7.17. The Bertz CT molecular complexity index is 210. The van der Waals surface area contributed by atoms with E-state index >= 15 is 0 Å². The molecule has 1 N–H and O–H groups in total. The maximum Gasteiger partial charge on any atom is 0.216 e. The highest BCUT2D eigenvalue weighted by atomic mass is 16.6. The third kappa shape index (κ3) is 1.14. The standard InChI is InChI=1S/C5H9N3O2/c1-8-4(5(9)10-2)6-3-7-8/h3,5,9H,1-2H3. The second kappa shape index (κ2) is 2.76. The second-order valence-corrected chi connectivity index (χ2v) is 1.83. The van der Waals surface area contributed by atoms with Crippen LogP contribution in [0.1, 0.15) is 12.1 Å². The van der Waals surface area contributed by atoms with Gasteiger partial charge in [0.1, 0.15) is 6.33 Å². The van der Waals surface area contributed by atoms with Gasteiger partial charge in [0.05, 0.1) is 0 Å². The predicted octanol–water partition coefficient (Wildman–Crippen LogP) is -0.548. The summed E-state index contributed by atoms with van der Waals surface area (Å²) in [5.74, 6) is 0.405. The smallest absolute Gasteiger partial charge is 0.216 e. The number of rotatable bonds is 2. The zero-order valence-corrected chi connectivity index (χ0v) is 5.85. The van der Waals surface area contributed by atoms with Crippen LogP contribution in [0.15, 0.2) is 6.33 Å². The van der Waals surface area contributed by atoms with Crippen molar-refractivity contribution in [3.8, 4) is 0 Å². The molecule has 1 heterocycles. The van der Waals surface area contributed by atoms with Gasteiger partial charge in [-0.25, -0.2) is 9.67 Å². The van der Waals surface area contributed by atoms with Crippen LogP contribution in [0.5, 0.6) is 0 Å². The number of aliphatic hydroxyl groups excluding tert-OH is 1. The van der Waals surface area contributed by atoms with E-state index in [9.17, 15) is 0 Å². The van der Waals surface area contributed by atoms with Crippen molar-refractivity contribution >= 4 is 0 Å². The Labute approximate surface area is 58.3 Å². The number of ether oxygens (including phenoxy) is 1. The van der Waals surface area contributed by atoms with E-state index in [1.54, 1.807) is 7.05 Å². The predicted molar refractivity (Wildman–Crippen MR) is 33.0 cm³/mol. The summed E-state index contributed by atoms with van der Waals surface area (Å²) in [6.45, 7) is 0. The average molecular weight is 143 g/mol. The van der Waals surface area contributed by atoms with Crippen LogP contribution in [-0.4, -0.2) is 27.0 Å². The highest BCUT2D eigenvalue weighted by Gasteiger charge is 2.10. The zero-order valence-electron chi connectivity index (χ0n) is 5.85. The fourth-order valence-electron chi connectivity index (χ4n) is 0.634. The Morgan fingerprint density at radius 3 is 2.90 bits per heavy atom. The maximum atomic E-state index is 9.05. The summed E-state index contributed by atoms with van der Waals surface area (Å²) in [4.78, 5) is 3.76. The van der Waals surface area contributed by atoms with Crippen molar-refractivity contribution < 1.29 is 9.84 Å². The highest BCUT2D eigenvalue weighted by molar-refractivity contribution is 4.83. The van der Waals surface area contributed by atoms with Crippen LogP contribution in [-0.2, 0) is 11.8 Å². The number of aryl methyl sites for hydroxylation is 1. The number of nitrogens with zero attached hydrogens (tertiary/aromatic N) is 3. The molecular weight excluding hydrogens is 134 g/mol. The van der Waals surface area contributed by atoms with Crippen molar-refractivity contribution in [1.29, 1.82) is 0 Å². The number of aliphatic hydroxyl groups is 1. The highest BCUT2D eigenvalue weighted by Crippen LogP contribution is 2.06. The molecule has 0 saturated carbocycles. The van der Waals surface area contributed by atoms with Crippen molar-refractivity contribution in [1.82, 2.24) is 14.8 Å². The van der Waals surface area contributed by atoms with E-state index in [4.69, 9.17) is 5.11 Å². The topological polar surface area (TPSA) is 60.2 Å². The summed E-state index contributed by atoms with van der Waals surface area (Å²) in [5, 5.41) is 12.8. The average Bonchev–Trinajstić information content (AvgIpc) is 2.34. The van der Waals surface area contributed by atoms with Crippen LogP contribution >= 0.6 is 0 Å². The van der Waals surface area contributed by atoms with Crippen molar-refractivity contribution in [2.45, 2.75) is 6.29 Å². The van der Waals surface area contributed by atoms with Gasteiger partial charge in [-0.1, -0.05) is 0 Å². The number of aromatic nitrogens is 3. The molecule has 5 heteroatoms. The summed E-state index contributed by atoms with van der Waals surface area (Å²) in [7, 11) is 3.09. The first-order valence-electron chi connectivity index (χ1n) is 2.80. The summed E-state index contributed by atoms with van der Waals surface area (Å²) < 4.78 is 6.06. The molecule has 0 radical (unpaired) electrons. The Kier molecular flexibility index (Phi) is 1.98. The lowest BCUT2D eigenvalue weighted by Gasteiger charge is -2.05. The van der Waals surface area contributed by atoms with Gasteiger partial charge < -0.3 is 9.84 Å². The summed E-state index contributed by atoms with van der Waals surface area (Å²) >= 11 is 0. The van der Waals surface area contributed by atoms with Crippen molar-refractivity contribution in [2.24, 2.45) is 7.05 Å². The summed E-state index contributed by atoms with van der Waals surface area (Å²) in [6, 6.07) is 0. The molecule has 1 unspecified atom stereocenters. The van der Waals surface area contributed by atoms with Gasteiger partial charge in [0.2, 0.25) is 6.29 Å². The molecular formula is C5H9N3O2. The van der Waals surface area contributed by atoms with E-state index in [1.165, 1.54) is 18.1 Å². The van der Waals surface area contributed by atoms with E-state index in [1.807, 2.05) is 0 Å². The molecule has 56 valence electrons. The molecule has 1 aromatic rings. The minimum atomic E-state index is -0.979. The molecule has 0 aliphatic heterocycles. The van der Waals surface area contributed by atoms with E-state index in [-0.39, 0.29) is 0 Å². The molecule has 1 aromatic heterocycles. The molecule has 0 spiro atoms. The Hall–Kier alpha value is -0.940. The Morgan fingerprint density at radius 1 is 1.80 bits per heavy atom. The molecule has 0 amide bonds. The third-order valence-electron chi connectivity index (χ3n) is 1.19. The third-order valence-corrected chi connectivity index (χ3v) is 1.19. The van der Waals surface area contributed by atoms with Gasteiger partial charge in [0.25, 0.3) is 0 Å². The minimum absolute atomic E-state index is 0.405. The molecule has 5 nitrogen and oxygen atoms in total. The van der Waals surface area contributed by atoms with E-state index in [2.05, 4.69) is 14.8 Å². The van der Waals surface area contributed by atoms with E-state index < -0.39 is 6.29 Å². The molecule has 0 fully saturated rings. The fraction of sp³-hybridized carbons (Fsp3) is 0.600. The van der Waals surface area contributed by atoms with Gasteiger partial charge in [-0.05, 0) is 0 Å². The van der Waals surface area contributed by atoms with E-state index in [0.29, 0.717) is 5.82 Å². The second-order valence-electron chi connectivity index (χ2n) is 1.83. The van der Waals surface area contributed by atoms with Crippen LogP contribution in [0.2, 0.25) is 0 Å². The van der Waals surface area contributed by atoms with Gasteiger partial charge >= 0.3 is 0 Å². The quantitative estimate of drug-likeness (QED) is 0.564. The Balaban J connectivity index is 2.82. The van der Waals surface area contributed by atoms with Crippen molar-refractivity contribution in [3.63, 3.8) is 0 Å². The van der Waals surface area contributed by atoms with Gasteiger partial charge in [0, 0.05) is 14.2 Å². The first-order chi connectivity index (χ1) is 4.75. The van der Waals surface area contributed by atoms with E-state index in [0.717, 1.165) is 0 Å². The number of hydrogen-bond acceptors (Lipinski definition) is 4. The van der Waals surface area contributed by atoms with Crippen LogP contribution in [0, 0.1) is 0 Å². The number of methoxy groups -OCH3 is 1. The molecule has 0 aliphatic carbocycles. The maximum absolute atomic E-state index is 9.05. The molecule has 0 aromatic carbocycles. The molecule has 0 bridgehead atoms. The minimum Gasteiger partial charge on any atom is -0.362 e. The monoisotopic (exact) mass is 143 g/mol. The lowest BCUT2D eigenvalue weighted by atomic mass is 10.6. The lowest BCUT2D eigenvalue weighted by Crippen LogP contribution is -2.07. The van der Waals surface area contributed by atoms with Crippen molar-refractivity contribution in [2.75, 3.05) is 7.11 Å². The first-order valence-corrected chi connectivity index (χ1v) is 2.80. The molecule has 10 heavy (non-hydrogen) atoms. The summed E-state index contributed by atoms with van der Waals surface area (Å²) in [6.07, 6.45) is 0.380. The van der Waals surface area contributed by atoms with Gasteiger partial charge in [-0.2, -0.15) is 5.10 Å². The van der Waals surface area contributed by atoms with Crippen LogP contribution in [0.25, 0.3) is 0 Å². The normalized spacial score (nSPS) is 13.5. The molecule has 1 atom stereocenters. The van der Waals surface area contributed by atoms with Crippen LogP contribution in [0.3, 0.4) is 0 Å². The zero-order chi connectivity index (χ0) is 7.56. The van der Waals surface area contributed by atoms with Crippen molar-refractivity contribution in [3.05, 3.63) is 12.2 Å². The number of hydrogen-bond donors (Lipinski definition) is 1. The SMILES string of the molecule is COC(O)c1ncnn1C. The van der Waals surface area contributed by atoms with Gasteiger partial charge in [0.15, 0.2) is 5.82 Å². The molecule has 1 rings (SSSR count). The molecule has 0 saturated heterocycles. The van der Waals surface area contributed by atoms with Crippen LogP contribution in [0.4, 0.5) is 0 Å². The van der Waals surface area contributed by atoms with Gasteiger partial charge in [-0.3, -0.25) is 0 Å². The fourth-order valence-corrected chi connectivity index (χ4v) is 0.634. The largest absolute Gasteiger partial charge is 0.362 e.